The standard InChI is InChI=1S/C12H21N3O/c1-3-11-13-12(4-2)15(14-11)9-7-5-6-8-10(9)16/h9-10,16H,3-8H2,1-2H3/t9-,10-/m0/s1. The summed E-state index contributed by atoms with van der Waals surface area (Å²) in [4.78, 5) is 4.50. The highest BCUT2D eigenvalue weighted by atomic mass is 16.3. The molecule has 1 aliphatic carbocycles. The molecule has 4 nitrogen and oxygen atoms in total. The van der Waals surface area contributed by atoms with Crippen LogP contribution in [-0.4, -0.2) is 26.0 Å². The molecule has 1 aromatic heterocycles. The number of nitrogens with zero attached hydrogens (tertiary/aromatic N) is 3. The summed E-state index contributed by atoms with van der Waals surface area (Å²) in [5, 5.41) is 14.6. The lowest BCUT2D eigenvalue weighted by atomic mass is 9.92. The molecule has 2 rings (SSSR count). The summed E-state index contributed by atoms with van der Waals surface area (Å²) in [6.07, 6.45) is 5.75. The normalized spacial score (nSPS) is 25.9. The Labute approximate surface area is 96.7 Å². The predicted molar refractivity (Wildman–Crippen MR) is 62.3 cm³/mol. The highest BCUT2D eigenvalue weighted by Crippen LogP contribution is 2.29. The van der Waals surface area contributed by atoms with Gasteiger partial charge < -0.3 is 5.11 Å². The van der Waals surface area contributed by atoms with Crippen molar-refractivity contribution in [1.29, 1.82) is 0 Å². The van der Waals surface area contributed by atoms with E-state index in [9.17, 15) is 5.11 Å². The SMILES string of the molecule is CCc1nc(CC)n([C@H]2CCCC[C@@H]2O)n1. The Hall–Kier alpha value is -0.900. The maximum absolute atomic E-state index is 10.0. The van der Waals surface area contributed by atoms with Gasteiger partial charge in [-0.1, -0.05) is 26.7 Å². The molecule has 1 aliphatic rings. The first-order chi connectivity index (χ1) is 7.76. The van der Waals surface area contributed by atoms with E-state index in [0.717, 1.165) is 43.8 Å². The fourth-order valence-corrected chi connectivity index (χ4v) is 2.44. The Morgan fingerprint density at radius 2 is 2.00 bits per heavy atom. The first kappa shape index (κ1) is 11.6. The van der Waals surface area contributed by atoms with Gasteiger partial charge in [-0.15, -0.1) is 0 Å². The summed E-state index contributed by atoms with van der Waals surface area (Å²) < 4.78 is 1.97. The van der Waals surface area contributed by atoms with E-state index < -0.39 is 0 Å². The third kappa shape index (κ3) is 2.12. The van der Waals surface area contributed by atoms with Crippen LogP contribution in [0.25, 0.3) is 0 Å². The maximum Gasteiger partial charge on any atom is 0.150 e. The quantitative estimate of drug-likeness (QED) is 0.851. The van der Waals surface area contributed by atoms with Crippen LogP contribution in [0.4, 0.5) is 0 Å². The Kier molecular flexibility index (Phi) is 3.59. The van der Waals surface area contributed by atoms with Gasteiger partial charge in [0.1, 0.15) is 5.82 Å². The summed E-state index contributed by atoms with van der Waals surface area (Å²) in [6, 6.07) is 0.150. The molecule has 1 fully saturated rings. The van der Waals surface area contributed by atoms with Crippen molar-refractivity contribution >= 4 is 0 Å². The van der Waals surface area contributed by atoms with Gasteiger partial charge in [-0.05, 0) is 12.8 Å². The summed E-state index contributed by atoms with van der Waals surface area (Å²) in [6.45, 7) is 4.16. The van der Waals surface area contributed by atoms with E-state index in [-0.39, 0.29) is 12.1 Å². The van der Waals surface area contributed by atoms with Crippen molar-refractivity contribution in [2.75, 3.05) is 0 Å². The van der Waals surface area contributed by atoms with Gasteiger partial charge in [-0.2, -0.15) is 5.10 Å². The van der Waals surface area contributed by atoms with Crippen molar-refractivity contribution in [3.63, 3.8) is 0 Å². The number of aliphatic hydroxyl groups is 1. The number of rotatable bonds is 3. The van der Waals surface area contributed by atoms with Gasteiger partial charge in [0, 0.05) is 12.8 Å². The van der Waals surface area contributed by atoms with Gasteiger partial charge in [0.15, 0.2) is 5.82 Å². The topological polar surface area (TPSA) is 50.9 Å². The van der Waals surface area contributed by atoms with E-state index in [1.54, 1.807) is 0 Å². The molecule has 0 aromatic carbocycles. The third-order valence-electron chi connectivity index (χ3n) is 3.39. The maximum atomic E-state index is 10.0. The molecule has 1 heterocycles. The zero-order chi connectivity index (χ0) is 11.5. The Bertz CT molecular complexity index is 348. The second-order valence-electron chi connectivity index (χ2n) is 4.52. The first-order valence-electron chi connectivity index (χ1n) is 6.38. The molecular weight excluding hydrogens is 202 g/mol. The lowest BCUT2D eigenvalue weighted by Crippen LogP contribution is -2.29. The highest BCUT2D eigenvalue weighted by molar-refractivity contribution is 4.96. The summed E-state index contributed by atoms with van der Waals surface area (Å²) >= 11 is 0. The van der Waals surface area contributed by atoms with Crippen LogP contribution >= 0.6 is 0 Å². The van der Waals surface area contributed by atoms with Crippen molar-refractivity contribution in [2.45, 2.75) is 64.5 Å². The summed E-state index contributed by atoms with van der Waals surface area (Å²) in [5.74, 6) is 1.91. The average molecular weight is 223 g/mol. The largest absolute Gasteiger partial charge is 0.391 e. The number of aromatic nitrogens is 3. The third-order valence-corrected chi connectivity index (χ3v) is 3.39. The van der Waals surface area contributed by atoms with E-state index in [1.807, 2.05) is 4.68 Å². The van der Waals surface area contributed by atoms with Crippen LogP contribution < -0.4 is 0 Å². The molecule has 1 saturated carbocycles. The smallest absolute Gasteiger partial charge is 0.150 e. The molecule has 1 aromatic rings. The summed E-state index contributed by atoms with van der Waals surface area (Å²) in [7, 11) is 0. The highest BCUT2D eigenvalue weighted by Gasteiger charge is 2.27. The predicted octanol–water partition coefficient (Wildman–Crippen LogP) is 1.88. The average Bonchev–Trinajstić information content (AvgIpc) is 2.72. The van der Waals surface area contributed by atoms with Crippen molar-refractivity contribution in [2.24, 2.45) is 0 Å². The van der Waals surface area contributed by atoms with Gasteiger partial charge >= 0.3 is 0 Å². The van der Waals surface area contributed by atoms with Crippen molar-refractivity contribution in [1.82, 2.24) is 14.8 Å². The van der Waals surface area contributed by atoms with Crippen LogP contribution in [0.2, 0.25) is 0 Å². The van der Waals surface area contributed by atoms with Crippen molar-refractivity contribution < 1.29 is 5.11 Å². The number of aliphatic hydroxyl groups excluding tert-OH is 1. The molecule has 0 spiro atoms. The molecule has 0 bridgehead atoms. The minimum atomic E-state index is -0.245. The Morgan fingerprint density at radius 3 is 2.62 bits per heavy atom. The molecule has 16 heavy (non-hydrogen) atoms. The van der Waals surface area contributed by atoms with Crippen LogP contribution in [0.1, 0.15) is 57.2 Å². The van der Waals surface area contributed by atoms with Gasteiger partial charge in [-0.3, -0.25) is 0 Å². The molecule has 0 amide bonds. The molecule has 2 atom stereocenters. The fraction of sp³-hybridized carbons (Fsp3) is 0.833. The van der Waals surface area contributed by atoms with Crippen LogP contribution in [0.15, 0.2) is 0 Å². The second kappa shape index (κ2) is 4.95. The molecule has 0 radical (unpaired) electrons. The number of hydrogen-bond acceptors (Lipinski definition) is 3. The van der Waals surface area contributed by atoms with Crippen LogP contribution in [0, 0.1) is 0 Å². The van der Waals surface area contributed by atoms with Crippen LogP contribution in [0.3, 0.4) is 0 Å². The van der Waals surface area contributed by atoms with E-state index in [2.05, 4.69) is 23.9 Å². The fourth-order valence-electron chi connectivity index (χ4n) is 2.44. The van der Waals surface area contributed by atoms with E-state index in [0.29, 0.717) is 0 Å². The number of hydrogen-bond donors (Lipinski definition) is 1. The lowest BCUT2D eigenvalue weighted by molar-refractivity contribution is 0.0676. The van der Waals surface area contributed by atoms with Crippen molar-refractivity contribution in [3.05, 3.63) is 11.6 Å². The van der Waals surface area contributed by atoms with Crippen LogP contribution in [-0.2, 0) is 12.8 Å². The zero-order valence-electron chi connectivity index (χ0n) is 10.2. The van der Waals surface area contributed by atoms with E-state index in [1.165, 1.54) is 6.42 Å². The molecule has 0 aliphatic heterocycles. The lowest BCUT2D eigenvalue weighted by Gasteiger charge is -2.28. The molecule has 0 saturated heterocycles. The minimum Gasteiger partial charge on any atom is -0.391 e. The zero-order valence-corrected chi connectivity index (χ0v) is 10.2. The van der Waals surface area contributed by atoms with Crippen LogP contribution in [0.5, 0.6) is 0 Å². The molecular formula is C12H21N3O. The Morgan fingerprint density at radius 1 is 1.25 bits per heavy atom. The second-order valence-corrected chi connectivity index (χ2v) is 4.52. The van der Waals surface area contributed by atoms with Crippen molar-refractivity contribution in [3.8, 4) is 0 Å². The monoisotopic (exact) mass is 223 g/mol. The molecule has 0 unspecified atom stereocenters. The number of aryl methyl sites for hydroxylation is 2. The van der Waals surface area contributed by atoms with Gasteiger partial charge in [0.05, 0.1) is 12.1 Å². The minimum absolute atomic E-state index is 0.150. The first-order valence-corrected chi connectivity index (χ1v) is 6.38. The molecule has 90 valence electrons. The van der Waals surface area contributed by atoms with E-state index in [4.69, 9.17) is 0 Å². The van der Waals surface area contributed by atoms with Gasteiger partial charge in [0.25, 0.3) is 0 Å². The van der Waals surface area contributed by atoms with Gasteiger partial charge in [-0.25, -0.2) is 9.67 Å². The summed E-state index contributed by atoms with van der Waals surface area (Å²) in [5.41, 5.74) is 0. The van der Waals surface area contributed by atoms with E-state index >= 15 is 0 Å². The molecule has 4 heteroatoms. The van der Waals surface area contributed by atoms with Gasteiger partial charge in [0.2, 0.25) is 0 Å². The molecule has 1 N–H and O–H groups in total. The Balaban J connectivity index is 2.26.